The van der Waals surface area contributed by atoms with E-state index in [1.54, 1.807) is 0 Å². The van der Waals surface area contributed by atoms with Gasteiger partial charge < -0.3 is 20.3 Å². The molecule has 0 amide bonds. The predicted molar refractivity (Wildman–Crippen MR) is 83.5 cm³/mol. The van der Waals surface area contributed by atoms with E-state index in [1.165, 1.54) is 12.8 Å². The lowest BCUT2D eigenvalue weighted by molar-refractivity contribution is 0.219. The molecule has 0 aromatic carbocycles. The summed E-state index contributed by atoms with van der Waals surface area (Å²) >= 11 is 0. The van der Waals surface area contributed by atoms with E-state index in [1.807, 2.05) is 25.8 Å². The third-order valence-corrected chi connectivity index (χ3v) is 3.67. The van der Waals surface area contributed by atoms with Gasteiger partial charge in [-0.2, -0.15) is 15.0 Å². The minimum atomic E-state index is 0.0128. The highest BCUT2D eigenvalue weighted by molar-refractivity contribution is 5.35. The van der Waals surface area contributed by atoms with Gasteiger partial charge in [-0.1, -0.05) is 0 Å². The second-order valence-corrected chi connectivity index (χ2v) is 6.07. The lowest BCUT2D eigenvalue weighted by atomic mass is 9.97. The van der Waals surface area contributed by atoms with Gasteiger partial charge in [0, 0.05) is 13.6 Å². The van der Waals surface area contributed by atoms with Gasteiger partial charge >= 0.3 is 6.01 Å². The first kappa shape index (κ1) is 15.8. The molecule has 2 heterocycles. The molecule has 1 aromatic rings. The highest BCUT2D eigenvalue weighted by Gasteiger charge is 2.20. The second-order valence-electron chi connectivity index (χ2n) is 6.07. The van der Waals surface area contributed by atoms with Crippen LogP contribution < -0.4 is 15.4 Å². The van der Waals surface area contributed by atoms with Gasteiger partial charge in [-0.3, -0.25) is 0 Å². The Labute approximate surface area is 126 Å². The Balaban J connectivity index is 2.01. The topological polar surface area (TPSA) is 80.4 Å². The molecule has 1 fully saturated rings. The van der Waals surface area contributed by atoms with Gasteiger partial charge in [0.1, 0.15) is 0 Å². The minimum absolute atomic E-state index is 0.0128. The van der Waals surface area contributed by atoms with Crippen molar-refractivity contribution >= 4 is 11.9 Å². The van der Waals surface area contributed by atoms with Crippen LogP contribution in [0.15, 0.2) is 0 Å². The molecule has 2 rings (SSSR count). The third-order valence-electron chi connectivity index (χ3n) is 3.67. The lowest BCUT2D eigenvalue weighted by Gasteiger charge is -2.31. The molecule has 1 aliphatic rings. The molecule has 7 heteroatoms. The Morgan fingerprint density at radius 3 is 2.57 bits per heavy atom. The van der Waals surface area contributed by atoms with Crippen molar-refractivity contribution in [1.29, 1.82) is 0 Å². The number of nitrogens with two attached hydrogens (primary N) is 1. The highest BCUT2D eigenvalue weighted by atomic mass is 16.5. The average molecular weight is 294 g/mol. The molecule has 1 aromatic heterocycles. The number of rotatable bonds is 5. The zero-order valence-electron chi connectivity index (χ0n) is 13.4. The lowest BCUT2D eigenvalue weighted by Crippen LogP contribution is -2.36. The van der Waals surface area contributed by atoms with Crippen LogP contribution in [0.2, 0.25) is 0 Å². The first-order chi connectivity index (χ1) is 9.94. The van der Waals surface area contributed by atoms with Crippen molar-refractivity contribution in [3.8, 4) is 6.01 Å². The molecule has 118 valence electrons. The van der Waals surface area contributed by atoms with Crippen LogP contribution in [0.4, 0.5) is 11.9 Å². The molecule has 21 heavy (non-hydrogen) atoms. The van der Waals surface area contributed by atoms with Crippen molar-refractivity contribution in [2.24, 2.45) is 5.92 Å². The van der Waals surface area contributed by atoms with Crippen molar-refractivity contribution < 1.29 is 4.74 Å². The van der Waals surface area contributed by atoms with Crippen molar-refractivity contribution in [2.45, 2.75) is 32.8 Å². The van der Waals surface area contributed by atoms with Crippen LogP contribution in [0, 0.1) is 5.92 Å². The number of aromatic nitrogens is 3. The number of nitrogen functional groups attached to an aromatic ring is 1. The number of hydrogen-bond acceptors (Lipinski definition) is 7. The van der Waals surface area contributed by atoms with Gasteiger partial charge in [0.05, 0.1) is 6.10 Å². The molecule has 2 N–H and O–H groups in total. The number of nitrogens with zero attached hydrogens (tertiary/aromatic N) is 5. The molecule has 0 radical (unpaired) electrons. The number of anilines is 2. The van der Waals surface area contributed by atoms with Gasteiger partial charge in [-0.15, -0.1) is 0 Å². The second kappa shape index (κ2) is 6.89. The maximum atomic E-state index is 5.75. The summed E-state index contributed by atoms with van der Waals surface area (Å²) < 4.78 is 5.51. The summed E-state index contributed by atoms with van der Waals surface area (Å²) in [6, 6.07) is 0.294. The summed E-state index contributed by atoms with van der Waals surface area (Å²) in [6.07, 6.45) is 2.42. The standard InChI is InChI=1S/C14H26N6O/c1-10(2)21-14-17-12(15)16-13(18-14)20(4)9-11-5-7-19(3)8-6-11/h10-11H,5-9H2,1-4H3,(H2,15,16,17,18). The number of ether oxygens (including phenoxy) is 1. The smallest absolute Gasteiger partial charge is 0.323 e. The van der Waals surface area contributed by atoms with Crippen molar-refractivity contribution in [3.05, 3.63) is 0 Å². The van der Waals surface area contributed by atoms with Crippen LogP contribution >= 0.6 is 0 Å². The third kappa shape index (κ3) is 4.70. The summed E-state index contributed by atoms with van der Waals surface area (Å²) in [7, 11) is 4.16. The zero-order valence-corrected chi connectivity index (χ0v) is 13.4. The molecule has 0 aliphatic carbocycles. The summed E-state index contributed by atoms with van der Waals surface area (Å²) in [4.78, 5) is 17.0. The van der Waals surface area contributed by atoms with Gasteiger partial charge in [-0.25, -0.2) is 0 Å². The Kier molecular flexibility index (Phi) is 5.17. The summed E-state index contributed by atoms with van der Waals surface area (Å²) in [5, 5.41) is 0. The van der Waals surface area contributed by atoms with Gasteiger partial charge in [0.15, 0.2) is 0 Å². The van der Waals surface area contributed by atoms with Crippen molar-refractivity contribution in [2.75, 3.05) is 44.4 Å². The molecule has 0 atom stereocenters. The number of likely N-dealkylation sites (tertiary alicyclic amines) is 1. The Hall–Kier alpha value is -1.63. The number of hydrogen-bond donors (Lipinski definition) is 1. The van der Waals surface area contributed by atoms with E-state index >= 15 is 0 Å². The minimum Gasteiger partial charge on any atom is -0.461 e. The monoisotopic (exact) mass is 294 g/mol. The summed E-state index contributed by atoms with van der Waals surface area (Å²) in [5.41, 5.74) is 5.75. The molecule has 1 saturated heterocycles. The van der Waals surface area contributed by atoms with Crippen molar-refractivity contribution in [1.82, 2.24) is 19.9 Å². The zero-order chi connectivity index (χ0) is 15.4. The normalized spacial score (nSPS) is 17.2. The maximum absolute atomic E-state index is 5.75. The van der Waals surface area contributed by atoms with Crippen LogP contribution in [0.5, 0.6) is 6.01 Å². The van der Waals surface area contributed by atoms with E-state index in [2.05, 4.69) is 26.9 Å². The maximum Gasteiger partial charge on any atom is 0.323 e. The summed E-state index contributed by atoms with van der Waals surface area (Å²) in [5.74, 6) is 1.45. The largest absolute Gasteiger partial charge is 0.461 e. The Morgan fingerprint density at radius 2 is 1.95 bits per heavy atom. The van der Waals surface area contributed by atoms with Crippen LogP contribution in [0.1, 0.15) is 26.7 Å². The molecule has 0 unspecified atom stereocenters. The van der Waals surface area contributed by atoms with Crippen LogP contribution in [-0.4, -0.2) is 59.7 Å². The van der Waals surface area contributed by atoms with Gasteiger partial charge in [0.2, 0.25) is 11.9 Å². The fourth-order valence-corrected chi connectivity index (χ4v) is 2.51. The van der Waals surface area contributed by atoms with E-state index in [4.69, 9.17) is 10.5 Å². The van der Waals surface area contributed by atoms with Crippen LogP contribution in [-0.2, 0) is 0 Å². The summed E-state index contributed by atoms with van der Waals surface area (Å²) in [6.45, 7) is 7.10. The molecule has 0 bridgehead atoms. The highest BCUT2D eigenvalue weighted by Crippen LogP contribution is 2.20. The van der Waals surface area contributed by atoms with E-state index in [0.29, 0.717) is 17.9 Å². The molecule has 0 spiro atoms. The van der Waals surface area contributed by atoms with Crippen molar-refractivity contribution in [3.63, 3.8) is 0 Å². The van der Waals surface area contributed by atoms with Crippen LogP contribution in [0.25, 0.3) is 0 Å². The molecule has 7 nitrogen and oxygen atoms in total. The predicted octanol–water partition coefficient (Wildman–Crippen LogP) is 1.02. The molecular weight excluding hydrogens is 268 g/mol. The van der Waals surface area contributed by atoms with E-state index in [0.717, 1.165) is 19.6 Å². The Morgan fingerprint density at radius 1 is 1.29 bits per heavy atom. The molecule has 0 saturated carbocycles. The van der Waals surface area contributed by atoms with E-state index in [-0.39, 0.29) is 12.1 Å². The van der Waals surface area contributed by atoms with E-state index in [9.17, 15) is 0 Å². The fraction of sp³-hybridized carbons (Fsp3) is 0.786. The first-order valence-electron chi connectivity index (χ1n) is 7.52. The quantitative estimate of drug-likeness (QED) is 0.868. The van der Waals surface area contributed by atoms with Crippen LogP contribution in [0.3, 0.4) is 0 Å². The average Bonchev–Trinajstić information content (AvgIpc) is 2.40. The SMILES string of the molecule is CC(C)Oc1nc(N)nc(N(C)CC2CCN(C)CC2)n1. The number of piperidine rings is 1. The molecular formula is C14H26N6O. The van der Waals surface area contributed by atoms with E-state index < -0.39 is 0 Å². The van der Waals surface area contributed by atoms with Gasteiger partial charge in [0.25, 0.3) is 0 Å². The Bertz CT molecular complexity index is 459. The molecule has 1 aliphatic heterocycles. The van der Waals surface area contributed by atoms with Gasteiger partial charge in [-0.05, 0) is 52.7 Å². The first-order valence-corrected chi connectivity index (χ1v) is 7.52. The fourth-order valence-electron chi connectivity index (χ4n) is 2.51.